The topological polar surface area (TPSA) is 85.9 Å². The maximum absolute atomic E-state index is 12.4. The number of amides is 2. The van der Waals surface area contributed by atoms with E-state index in [0.717, 1.165) is 12.0 Å². The quantitative estimate of drug-likeness (QED) is 0.613. The second-order valence-corrected chi connectivity index (χ2v) is 6.05. The van der Waals surface area contributed by atoms with Gasteiger partial charge in [0.15, 0.2) is 11.5 Å². The molecule has 2 N–H and O–H groups in total. The SMILES string of the molecule is COCCCNC(=O)c1ccc(CNC(=O)c2ccc(OC)c(OC)c2)cc1. The molecule has 0 spiro atoms. The third kappa shape index (κ3) is 5.99. The van der Waals surface area contributed by atoms with Crippen molar-refractivity contribution < 1.29 is 23.8 Å². The minimum Gasteiger partial charge on any atom is -0.493 e. The molecule has 0 atom stereocenters. The van der Waals surface area contributed by atoms with E-state index in [9.17, 15) is 9.59 Å². The summed E-state index contributed by atoms with van der Waals surface area (Å²) in [7, 11) is 4.69. The zero-order valence-corrected chi connectivity index (χ0v) is 16.4. The Morgan fingerprint density at radius 1 is 0.821 bits per heavy atom. The van der Waals surface area contributed by atoms with Gasteiger partial charge in [0.25, 0.3) is 11.8 Å². The van der Waals surface area contributed by atoms with Crippen LogP contribution in [0.3, 0.4) is 0 Å². The summed E-state index contributed by atoms with van der Waals surface area (Å²) in [4.78, 5) is 24.4. The standard InChI is InChI=1S/C21H26N2O5/c1-26-12-4-11-22-20(24)16-7-5-15(6-8-16)14-23-21(25)17-9-10-18(27-2)19(13-17)28-3/h5-10,13H,4,11-12,14H2,1-3H3,(H,22,24)(H,23,25). The molecule has 150 valence electrons. The molecule has 2 rings (SSSR count). The lowest BCUT2D eigenvalue weighted by Gasteiger charge is -2.10. The normalized spacial score (nSPS) is 10.2. The van der Waals surface area contributed by atoms with Crippen molar-refractivity contribution in [2.75, 3.05) is 34.5 Å². The van der Waals surface area contributed by atoms with E-state index in [1.807, 2.05) is 12.1 Å². The van der Waals surface area contributed by atoms with E-state index in [1.54, 1.807) is 44.6 Å². The molecule has 0 aromatic heterocycles. The Morgan fingerprint density at radius 2 is 1.46 bits per heavy atom. The molecule has 2 aromatic carbocycles. The van der Waals surface area contributed by atoms with Crippen LogP contribution in [0.15, 0.2) is 42.5 Å². The highest BCUT2D eigenvalue weighted by molar-refractivity contribution is 5.95. The first-order valence-corrected chi connectivity index (χ1v) is 8.95. The van der Waals surface area contributed by atoms with E-state index in [1.165, 1.54) is 7.11 Å². The van der Waals surface area contributed by atoms with Crippen molar-refractivity contribution in [3.05, 3.63) is 59.2 Å². The summed E-state index contributed by atoms with van der Waals surface area (Å²) in [6.45, 7) is 1.53. The molecular weight excluding hydrogens is 360 g/mol. The van der Waals surface area contributed by atoms with Crippen molar-refractivity contribution >= 4 is 11.8 Å². The van der Waals surface area contributed by atoms with Crippen molar-refractivity contribution in [3.8, 4) is 11.5 Å². The Hall–Kier alpha value is -3.06. The molecule has 2 aromatic rings. The van der Waals surface area contributed by atoms with Crippen LogP contribution in [0.5, 0.6) is 11.5 Å². The Balaban J connectivity index is 1.89. The third-order valence-electron chi connectivity index (χ3n) is 4.13. The van der Waals surface area contributed by atoms with Crippen molar-refractivity contribution in [1.82, 2.24) is 10.6 Å². The van der Waals surface area contributed by atoms with E-state index in [2.05, 4.69) is 10.6 Å². The van der Waals surface area contributed by atoms with Gasteiger partial charge in [-0.15, -0.1) is 0 Å². The summed E-state index contributed by atoms with van der Waals surface area (Å²) in [5.41, 5.74) is 1.95. The van der Waals surface area contributed by atoms with Gasteiger partial charge in [-0.05, 0) is 42.3 Å². The van der Waals surface area contributed by atoms with Gasteiger partial charge in [-0.3, -0.25) is 9.59 Å². The van der Waals surface area contributed by atoms with Gasteiger partial charge < -0.3 is 24.8 Å². The van der Waals surface area contributed by atoms with Gasteiger partial charge >= 0.3 is 0 Å². The van der Waals surface area contributed by atoms with Gasteiger partial charge in [-0.2, -0.15) is 0 Å². The van der Waals surface area contributed by atoms with Gasteiger partial charge in [0, 0.05) is 37.9 Å². The highest BCUT2D eigenvalue weighted by atomic mass is 16.5. The lowest BCUT2D eigenvalue weighted by atomic mass is 10.1. The van der Waals surface area contributed by atoms with Crippen LogP contribution in [0.2, 0.25) is 0 Å². The Bertz CT molecular complexity index is 790. The first-order valence-electron chi connectivity index (χ1n) is 8.95. The average Bonchev–Trinajstić information content (AvgIpc) is 2.74. The molecule has 0 saturated carbocycles. The van der Waals surface area contributed by atoms with Gasteiger partial charge in [-0.1, -0.05) is 12.1 Å². The van der Waals surface area contributed by atoms with E-state index in [4.69, 9.17) is 14.2 Å². The predicted molar refractivity (Wildman–Crippen MR) is 106 cm³/mol. The summed E-state index contributed by atoms with van der Waals surface area (Å²) >= 11 is 0. The molecule has 0 fully saturated rings. The van der Waals surface area contributed by atoms with Crippen molar-refractivity contribution in [1.29, 1.82) is 0 Å². The summed E-state index contributed by atoms with van der Waals surface area (Å²) in [6, 6.07) is 12.1. The van der Waals surface area contributed by atoms with Crippen molar-refractivity contribution in [2.24, 2.45) is 0 Å². The predicted octanol–water partition coefficient (Wildman–Crippen LogP) is 2.40. The molecule has 0 heterocycles. The fraction of sp³-hybridized carbons (Fsp3) is 0.333. The zero-order valence-electron chi connectivity index (χ0n) is 16.4. The maximum Gasteiger partial charge on any atom is 0.251 e. The molecule has 0 radical (unpaired) electrons. The van der Waals surface area contributed by atoms with Crippen LogP contribution in [-0.2, 0) is 11.3 Å². The molecule has 28 heavy (non-hydrogen) atoms. The zero-order chi connectivity index (χ0) is 20.4. The summed E-state index contributed by atoms with van der Waals surface area (Å²) < 4.78 is 15.3. The highest BCUT2D eigenvalue weighted by Gasteiger charge is 2.11. The highest BCUT2D eigenvalue weighted by Crippen LogP contribution is 2.27. The maximum atomic E-state index is 12.4. The minimum atomic E-state index is -0.221. The molecule has 0 bridgehead atoms. The summed E-state index contributed by atoms with van der Waals surface area (Å²) in [5.74, 6) is 0.712. The van der Waals surface area contributed by atoms with Crippen LogP contribution >= 0.6 is 0 Å². The van der Waals surface area contributed by atoms with Crippen LogP contribution in [0.25, 0.3) is 0 Å². The number of rotatable bonds is 10. The number of carbonyl (C=O) groups is 2. The number of hydrogen-bond donors (Lipinski definition) is 2. The van der Waals surface area contributed by atoms with Crippen LogP contribution in [0, 0.1) is 0 Å². The number of methoxy groups -OCH3 is 3. The fourth-order valence-corrected chi connectivity index (χ4v) is 2.56. The Morgan fingerprint density at radius 3 is 2.11 bits per heavy atom. The molecule has 7 nitrogen and oxygen atoms in total. The summed E-state index contributed by atoms with van der Waals surface area (Å²) in [6.07, 6.45) is 0.766. The fourth-order valence-electron chi connectivity index (χ4n) is 2.56. The smallest absolute Gasteiger partial charge is 0.251 e. The lowest BCUT2D eigenvalue weighted by Crippen LogP contribution is -2.25. The molecule has 0 unspecified atom stereocenters. The largest absolute Gasteiger partial charge is 0.493 e. The van der Waals surface area contributed by atoms with Gasteiger partial charge in [0.1, 0.15) is 0 Å². The number of hydrogen-bond acceptors (Lipinski definition) is 5. The molecule has 0 aliphatic heterocycles. The second-order valence-electron chi connectivity index (χ2n) is 6.05. The first kappa shape index (κ1) is 21.2. The average molecular weight is 386 g/mol. The third-order valence-corrected chi connectivity index (χ3v) is 4.13. The van der Waals surface area contributed by atoms with Gasteiger partial charge in [-0.25, -0.2) is 0 Å². The van der Waals surface area contributed by atoms with Crippen molar-refractivity contribution in [2.45, 2.75) is 13.0 Å². The summed E-state index contributed by atoms with van der Waals surface area (Å²) in [5, 5.41) is 5.69. The minimum absolute atomic E-state index is 0.128. The van der Waals surface area contributed by atoms with E-state index >= 15 is 0 Å². The van der Waals surface area contributed by atoms with E-state index in [0.29, 0.717) is 42.3 Å². The van der Waals surface area contributed by atoms with Crippen LogP contribution in [0.1, 0.15) is 32.7 Å². The molecule has 0 saturated heterocycles. The number of carbonyl (C=O) groups excluding carboxylic acids is 2. The van der Waals surface area contributed by atoms with E-state index in [-0.39, 0.29) is 11.8 Å². The van der Waals surface area contributed by atoms with Crippen LogP contribution in [-0.4, -0.2) is 46.3 Å². The van der Waals surface area contributed by atoms with Gasteiger partial charge in [0.05, 0.1) is 14.2 Å². The molecule has 2 amide bonds. The number of benzene rings is 2. The molecule has 7 heteroatoms. The molecular formula is C21H26N2O5. The monoisotopic (exact) mass is 386 g/mol. The Labute approximate surface area is 165 Å². The van der Waals surface area contributed by atoms with Gasteiger partial charge in [0.2, 0.25) is 0 Å². The van der Waals surface area contributed by atoms with Crippen LogP contribution in [0.4, 0.5) is 0 Å². The first-order chi connectivity index (χ1) is 13.6. The molecule has 0 aliphatic carbocycles. The van der Waals surface area contributed by atoms with Crippen LogP contribution < -0.4 is 20.1 Å². The Kier molecular flexibility index (Phi) is 8.30. The van der Waals surface area contributed by atoms with E-state index < -0.39 is 0 Å². The number of nitrogens with one attached hydrogen (secondary N) is 2. The molecule has 0 aliphatic rings. The lowest BCUT2D eigenvalue weighted by molar-refractivity contribution is 0.0940. The second kappa shape index (κ2) is 10.9. The van der Waals surface area contributed by atoms with Crippen molar-refractivity contribution in [3.63, 3.8) is 0 Å². The number of ether oxygens (including phenoxy) is 3.